The molecule has 2 unspecified atom stereocenters. The summed E-state index contributed by atoms with van der Waals surface area (Å²) < 4.78 is 0. The molecule has 2 N–H and O–H groups in total. The van der Waals surface area contributed by atoms with Gasteiger partial charge in [-0.15, -0.1) is 0 Å². The van der Waals surface area contributed by atoms with Gasteiger partial charge in [-0.2, -0.15) is 5.26 Å². The normalized spacial score (nSPS) is 20.5. The quantitative estimate of drug-likeness (QED) is 0.756. The second-order valence-electron chi connectivity index (χ2n) is 7.16. The van der Waals surface area contributed by atoms with Crippen LogP contribution in [-0.2, 0) is 4.79 Å². The van der Waals surface area contributed by atoms with E-state index >= 15 is 0 Å². The van der Waals surface area contributed by atoms with Gasteiger partial charge in [-0.3, -0.25) is 4.79 Å². The molecule has 0 spiro atoms. The number of hydrogen-bond donors (Lipinski definition) is 1. The zero-order valence-electron chi connectivity index (χ0n) is 16.2. The van der Waals surface area contributed by atoms with E-state index in [0.717, 1.165) is 25.8 Å². The van der Waals surface area contributed by atoms with Crippen molar-refractivity contribution < 1.29 is 9.59 Å². The van der Waals surface area contributed by atoms with Gasteiger partial charge in [0.15, 0.2) is 0 Å². The molecule has 4 atom stereocenters. The molecule has 0 radical (unpaired) electrons. The van der Waals surface area contributed by atoms with Gasteiger partial charge in [0.2, 0.25) is 5.91 Å². The second-order valence-corrected chi connectivity index (χ2v) is 7.16. The SMILES string of the molecule is CCC(C)N(C(=O)[C@@H](N)CCC1CCCN1C(=O)N(C)C)[C@@H](C)C#N. The summed E-state index contributed by atoms with van der Waals surface area (Å²) in [6.07, 6.45) is 3.94. The van der Waals surface area contributed by atoms with Gasteiger partial charge < -0.3 is 20.4 Å². The average molecular weight is 351 g/mol. The summed E-state index contributed by atoms with van der Waals surface area (Å²) in [5, 5.41) is 9.20. The Morgan fingerprint density at radius 3 is 2.52 bits per heavy atom. The van der Waals surface area contributed by atoms with Crippen molar-refractivity contribution in [2.24, 2.45) is 5.73 Å². The lowest BCUT2D eigenvalue weighted by molar-refractivity contribution is -0.136. The first-order valence-corrected chi connectivity index (χ1v) is 9.19. The fourth-order valence-corrected chi connectivity index (χ4v) is 3.38. The number of nitrogens with zero attached hydrogens (tertiary/aromatic N) is 4. The van der Waals surface area contributed by atoms with Crippen molar-refractivity contribution >= 4 is 11.9 Å². The maximum absolute atomic E-state index is 12.7. The highest BCUT2D eigenvalue weighted by Gasteiger charge is 2.32. The molecular weight excluding hydrogens is 318 g/mol. The van der Waals surface area contributed by atoms with Crippen molar-refractivity contribution in [3.05, 3.63) is 0 Å². The highest BCUT2D eigenvalue weighted by Crippen LogP contribution is 2.23. The van der Waals surface area contributed by atoms with E-state index in [2.05, 4.69) is 6.07 Å². The van der Waals surface area contributed by atoms with Crippen LogP contribution < -0.4 is 5.73 Å². The third kappa shape index (κ3) is 5.33. The summed E-state index contributed by atoms with van der Waals surface area (Å²) >= 11 is 0. The molecule has 1 aliphatic heterocycles. The number of rotatable bonds is 7. The van der Waals surface area contributed by atoms with Gasteiger partial charge in [0, 0.05) is 32.7 Å². The van der Waals surface area contributed by atoms with Crippen LogP contribution in [0, 0.1) is 11.3 Å². The first-order chi connectivity index (χ1) is 11.7. The highest BCUT2D eigenvalue weighted by atomic mass is 16.2. The van der Waals surface area contributed by atoms with Gasteiger partial charge in [-0.1, -0.05) is 6.92 Å². The maximum atomic E-state index is 12.7. The van der Waals surface area contributed by atoms with Gasteiger partial charge in [-0.05, 0) is 46.0 Å². The number of likely N-dealkylation sites (tertiary alicyclic amines) is 1. The lowest BCUT2D eigenvalue weighted by Crippen LogP contribution is -2.51. The molecule has 0 saturated carbocycles. The van der Waals surface area contributed by atoms with Gasteiger partial charge >= 0.3 is 6.03 Å². The van der Waals surface area contributed by atoms with E-state index < -0.39 is 12.1 Å². The van der Waals surface area contributed by atoms with Crippen LogP contribution in [-0.4, -0.2) is 71.4 Å². The Morgan fingerprint density at radius 1 is 1.36 bits per heavy atom. The van der Waals surface area contributed by atoms with Gasteiger partial charge in [0.25, 0.3) is 0 Å². The average Bonchev–Trinajstić information content (AvgIpc) is 3.06. The summed E-state index contributed by atoms with van der Waals surface area (Å²) in [5.74, 6) is -0.174. The second kappa shape index (κ2) is 9.62. The largest absolute Gasteiger partial charge is 0.331 e. The molecule has 25 heavy (non-hydrogen) atoms. The fraction of sp³-hybridized carbons (Fsp3) is 0.833. The number of carbonyl (C=O) groups is 2. The number of urea groups is 1. The van der Waals surface area contributed by atoms with Crippen LogP contribution in [0.25, 0.3) is 0 Å². The molecule has 1 rings (SSSR count). The summed E-state index contributed by atoms with van der Waals surface area (Å²) in [7, 11) is 3.50. The Kier molecular flexibility index (Phi) is 8.17. The van der Waals surface area contributed by atoms with Crippen LogP contribution in [0.5, 0.6) is 0 Å². The summed E-state index contributed by atoms with van der Waals surface area (Å²) in [4.78, 5) is 30.0. The predicted octanol–water partition coefficient (Wildman–Crippen LogP) is 1.78. The first-order valence-electron chi connectivity index (χ1n) is 9.19. The van der Waals surface area contributed by atoms with Crippen molar-refractivity contribution in [1.82, 2.24) is 14.7 Å². The lowest BCUT2D eigenvalue weighted by Gasteiger charge is -2.33. The summed E-state index contributed by atoms with van der Waals surface area (Å²) in [6, 6.07) is 1.14. The number of carbonyl (C=O) groups excluding carboxylic acids is 2. The Hall–Kier alpha value is -1.81. The molecule has 7 nitrogen and oxygen atoms in total. The van der Waals surface area contributed by atoms with Gasteiger partial charge in [-0.25, -0.2) is 4.79 Å². The molecule has 0 aliphatic carbocycles. The maximum Gasteiger partial charge on any atom is 0.319 e. The van der Waals surface area contributed by atoms with Crippen LogP contribution >= 0.6 is 0 Å². The van der Waals surface area contributed by atoms with E-state index in [1.807, 2.05) is 18.7 Å². The Balaban J connectivity index is 2.68. The molecule has 1 saturated heterocycles. The highest BCUT2D eigenvalue weighted by molar-refractivity contribution is 5.82. The van der Waals surface area contributed by atoms with Crippen molar-refractivity contribution in [3.63, 3.8) is 0 Å². The lowest BCUT2D eigenvalue weighted by atomic mass is 10.0. The molecule has 1 heterocycles. The molecule has 0 aromatic rings. The minimum absolute atomic E-state index is 0.0155. The van der Waals surface area contributed by atoms with E-state index in [-0.39, 0.29) is 24.0 Å². The monoisotopic (exact) mass is 351 g/mol. The zero-order valence-corrected chi connectivity index (χ0v) is 16.2. The molecular formula is C18H33N5O2. The number of amides is 3. The van der Waals surface area contributed by atoms with E-state index in [0.29, 0.717) is 12.8 Å². The van der Waals surface area contributed by atoms with Crippen LogP contribution in [0.1, 0.15) is 52.9 Å². The minimum atomic E-state index is -0.637. The summed E-state index contributed by atoms with van der Waals surface area (Å²) in [5.41, 5.74) is 6.15. The molecule has 0 aromatic carbocycles. The Labute approximate surface area is 151 Å². The van der Waals surface area contributed by atoms with Crippen molar-refractivity contribution in [3.8, 4) is 6.07 Å². The Bertz CT molecular complexity index is 502. The smallest absolute Gasteiger partial charge is 0.319 e. The van der Waals surface area contributed by atoms with Crippen LogP contribution in [0.3, 0.4) is 0 Å². The molecule has 0 bridgehead atoms. The predicted molar refractivity (Wildman–Crippen MR) is 97.7 cm³/mol. The van der Waals surface area contributed by atoms with Crippen LogP contribution in [0.15, 0.2) is 0 Å². The fourth-order valence-electron chi connectivity index (χ4n) is 3.38. The third-order valence-corrected chi connectivity index (χ3v) is 5.06. The third-order valence-electron chi connectivity index (χ3n) is 5.06. The van der Waals surface area contributed by atoms with Crippen LogP contribution in [0.4, 0.5) is 4.79 Å². The standard InChI is InChI=1S/C18H33N5O2/c1-6-13(2)23(14(3)12-19)17(24)16(20)10-9-15-8-7-11-22(15)18(25)21(4)5/h13-16H,6-11,20H2,1-5H3/t13?,14-,15?,16-/m0/s1. The summed E-state index contributed by atoms with van der Waals surface area (Å²) in [6.45, 7) is 6.41. The van der Waals surface area contributed by atoms with Gasteiger partial charge in [0.1, 0.15) is 6.04 Å². The van der Waals surface area contributed by atoms with Crippen molar-refractivity contribution in [2.75, 3.05) is 20.6 Å². The van der Waals surface area contributed by atoms with Crippen LogP contribution in [0.2, 0.25) is 0 Å². The molecule has 7 heteroatoms. The van der Waals surface area contributed by atoms with E-state index in [4.69, 9.17) is 5.73 Å². The topological polar surface area (TPSA) is 93.7 Å². The first kappa shape index (κ1) is 21.2. The molecule has 1 fully saturated rings. The number of nitriles is 1. The number of nitrogens with two attached hydrogens (primary N) is 1. The van der Waals surface area contributed by atoms with E-state index in [9.17, 15) is 14.9 Å². The zero-order chi connectivity index (χ0) is 19.1. The molecule has 1 aliphatic rings. The van der Waals surface area contributed by atoms with E-state index in [1.54, 1.807) is 30.8 Å². The molecule has 142 valence electrons. The minimum Gasteiger partial charge on any atom is -0.331 e. The van der Waals surface area contributed by atoms with E-state index in [1.165, 1.54) is 0 Å². The number of hydrogen-bond acceptors (Lipinski definition) is 4. The van der Waals surface area contributed by atoms with Crippen molar-refractivity contribution in [1.29, 1.82) is 5.26 Å². The van der Waals surface area contributed by atoms with Crippen molar-refractivity contribution in [2.45, 2.75) is 77.0 Å². The molecule has 3 amide bonds. The van der Waals surface area contributed by atoms with Gasteiger partial charge in [0.05, 0.1) is 12.1 Å². The Morgan fingerprint density at radius 2 is 2.00 bits per heavy atom. The molecule has 0 aromatic heterocycles.